The maximum Gasteiger partial charge on any atom is 0.0619 e. The van der Waals surface area contributed by atoms with Crippen LogP contribution in [0.15, 0.2) is 188 Å². The molecule has 0 aliphatic heterocycles. The molecule has 0 spiro atoms. The molecule has 0 unspecified atom stereocenters. The standard InChI is InChI=1S/C54H31NS/c1-2-15-38-36(13-1)37-14-3-4-16-39(37)46-30-34(25-27-40(38)46)32-11-7-12-33(29-32)35-26-28-49-47(31-35)45-21-8-20-44-43-19-10-24-51-53(43)52-42(18-9-23-50(52)56-51)41-17-5-6-22-48(41)55(49)54(44)45/h1-31H. The van der Waals surface area contributed by atoms with Crippen LogP contribution in [0.5, 0.6) is 0 Å². The maximum absolute atomic E-state index is 2.53. The van der Waals surface area contributed by atoms with Gasteiger partial charge in [0.2, 0.25) is 0 Å². The lowest BCUT2D eigenvalue weighted by atomic mass is 9.91. The number of rotatable bonds is 2. The quantitative estimate of drug-likeness (QED) is 0.156. The monoisotopic (exact) mass is 725 g/mol. The van der Waals surface area contributed by atoms with Crippen molar-refractivity contribution in [3.05, 3.63) is 188 Å². The number of hydrogen-bond donors (Lipinski definition) is 0. The number of aromatic nitrogens is 1. The second-order valence-electron chi connectivity index (χ2n) is 15.2. The third kappa shape index (κ3) is 4.09. The van der Waals surface area contributed by atoms with Crippen LogP contribution in [0.1, 0.15) is 0 Å². The van der Waals surface area contributed by atoms with Gasteiger partial charge in [0.05, 0.1) is 16.6 Å². The van der Waals surface area contributed by atoms with Crippen LogP contribution in [0.2, 0.25) is 0 Å². The largest absolute Gasteiger partial charge is 0.308 e. The third-order valence-corrected chi connectivity index (χ3v) is 13.4. The zero-order valence-electron chi connectivity index (χ0n) is 30.3. The zero-order chi connectivity index (χ0) is 36.5. The summed E-state index contributed by atoms with van der Waals surface area (Å²) in [5, 5.41) is 18.2. The van der Waals surface area contributed by atoms with Gasteiger partial charge in [0, 0.05) is 41.7 Å². The minimum absolute atomic E-state index is 1.21. The van der Waals surface area contributed by atoms with Crippen molar-refractivity contribution in [2.75, 3.05) is 0 Å². The Morgan fingerprint density at radius 3 is 1.38 bits per heavy atom. The normalized spacial score (nSPS) is 12.3. The molecule has 10 aromatic carbocycles. The minimum atomic E-state index is 1.21. The summed E-state index contributed by atoms with van der Waals surface area (Å²) in [6, 6.07) is 70.3. The molecule has 13 aromatic rings. The molecule has 0 aliphatic carbocycles. The fraction of sp³-hybridized carbons (Fsp3) is 0. The maximum atomic E-state index is 2.53. The van der Waals surface area contributed by atoms with Crippen molar-refractivity contribution in [1.82, 2.24) is 4.40 Å². The van der Waals surface area contributed by atoms with E-state index in [1.165, 1.54) is 124 Å². The molecule has 258 valence electrons. The second kappa shape index (κ2) is 11.3. The summed E-state index contributed by atoms with van der Waals surface area (Å²) in [5.41, 5.74) is 8.57. The fourth-order valence-electron chi connectivity index (χ4n) is 9.89. The van der Waals surface area contributed by atoms with Crippen LogP contribution >= 0.6 is 11.3 Å². The van der Waals surface area contributed by atoms with Gasteiger partial charge in [-0.15, -0.1) is 11.3 Å². The van der Waals surface area contributed by atoms with E-state index in [0.29, 0.717) is 0 Å². The van der Waals surface area contributed by atoms with Crippen molar-refractivity contribution in [1.29, 1.82) is 0 Å². The molecule has 2 heteroatoms. The number of benzene rings is 10. The molecule has 0 atom stereocenters. The second-order valence-corrected chi connectivity index (χ2v) is 16.3. The summed E-state index contributed by atoms with van der Waals surface area (Å²) in [5.74, 6) is 0. The highest BCUT2D eigenvalue weighted by atomic mass is 32.1. The van der Waals surface area contributed by atoms with Crippen molar-refractivity contribution in [3.63, 3.8) is 0 Å². The summed E-state index contributed by atoms with van der Waals surface area (Å²) < 4.78 is 5.20. The zero-order valence-corrected chi connectivity index (χ0v) is 31.1. The van der Waals surface area contributed by atoms with E-state index in [4.69, 9.17) is 0 Å². The topological polar surface area (TPSA) is 4.41 Å². The Hall–Kier alpha value is -7.00. The first-order chi connectivity index (χ1) is 27.8. The van der Waals surface area contributed by atoms with Crippen LogP contribution < -0.4 is 0 Å². The summed E-state index contributed by atoms with van der Waals surface area (Å²) in [4.78, 5) is 0. The van der Waals surface area contributed by atoms with Crippen molar-refractivity contribution in [2.24, 2.45) is 0 Å². The van der Waals surface area contributed by atoms with Gasteiger partial charge in [0.25, 0.3) is 0 Å². The number of thiophene rings is 1. The molecule has 3 heterocycles. The molecule has 56 heavy (non-hydrogen) atoms. The number of para-hydroxylation sites is 2. The molecular weight excluding hydrogens is 695 g/mol. The molecule has 3 aromatic heterocycles. The lowest BCUT2D eigenvalue weighted by Gasteiger charge is -2.12. The van der Waals surface area contributed by atoms with Crippen molar-refractivity contribution < 1.29 is 0 Å². The number of nitrogens with zero attached hydrogens (tertiary/aromatic N) is 1. The SMILES string of the molecule is c1cc(-c2ccc3c4ccccc4c4ccccc4c3c2)cc(-c2ccc3c(c2)c2cccc4c5cccc6sc7cccc(c8ccccc8n3c42)c7c65)c1. The van der Waals surface area contributed by atoms with Gasteiger partial charge in [-0.05, 0) is 108 Å². The minimum Gasteiger partial charge on any atom is -0.308 e. The predicted molar refractivity (Wildman–Crippen MR) is 244 cm³/mol. The first kappa shape index (κ1) is 30.3. The summed E-state index contributed by atoms with van der Waals surface area (Å²) in [6.07, 6.45) is 0. The van der Waals surface area contributed by atoms with Crippen molar-refractivity contribution >= 4 is 113 Å². The van der Waals surface area contributed by atoms with Crippen LogP contribution in [-0.4, -0.2) is 4.40 Å². The summed E-state index contributed by atoms with van der Waals surface area (Å²) in [7, 11) is 0. The molecular formula is C54H31NS. The Morgan fingerprint density at radius 2 is 0.696 bits per heavy atom. The third-order valence-electron chi connectivity index (χ3n) is 12.3. The Morgan fingerprint density at radius 1 is 0.268 bits per heavy atom. The summed E-state index contributed by atoms with van der Waals surface area (Å²) >= 11 is 1.90. The Labute approximate surface area is 325 Å². The van der Waals surface area contributed by atoms with Crippen LogP contribution in [0, 0.1) is 0 Å². The first-order valence-corrected chi connectivity index (χ1v) is 20.2. The van der Waals surface area contributed by atoms with Gasteiger partial charge in [0.15, 0.2) is 0 Å². The highest BCUT2D eigenvalue weighted by Gasteiger charge is 2.18. The smallest absolute Gasteiger partial charge is 0.0619 e. The molecule has 0 aliphatic rings. The molecule has 0 radical (unpaired) electrons. The van der Waals surface area contributed by atoms with E-state index in [1.807, 2.05) is 11.3 Å². The van der Waals surface area contributed by atoms with Crippen molar-refractivity contribution in [3.8, 4) is 22.3 Å². The molecule has 0 saturated heterocycles. The van der Waals surface area contributed by atoms with E-state index in [9.17, 15) is 0 Å². The van der Waals surface area contributed by atoms with Crippen molar-refractivity contribution in [2.45, 2.75) is 0 Å². The van der Waals surface area contributed by atoms with Gasteiger partial charge >= 0.3 is 0 Å². The molecule has 1 nitrogen and oxygen atoms in total. The molecule has 0 N–H and O–H groups in total. The Bertz CT molecular complexity index is 3790. The average Bonchev–Trinajstić information content (AvgIpc) is 3.83. The first-order valence-electron chi connectivity index (χ1n) is 19.3. The van der Waals surface area contributed by atoms with E-state index in [2.05, 4.69) is 192 Å². The highest BCUT2D eigenvalue weighted by molar-refractivity contribution is 7.26. The molecule has 13 rings (SSSR count). The fourth-order valence-corrected chi connectivity index (χ4v) is 11.1. The predicted octanol–water partition coefficient (Wildman–Crippen LogP) is 15.7. The molecule has 0 saturated carbocycles. The summed E-state index contributed by atoms with van der Waals surface area (Å²) in [6.45, 7) is 0. The van der Waals surface area contributed by atoms with Gasteiger partial charge in [-0.25, -0.2) is 0 Å². The van der Waals surface area contributed by atoms with Crippen LogP contribution in [-0.2, 0) is 0 Å². The lowest BCUT2D eigenvalue weighted by Crippen LogP contribution is -1.87. The van der Waals surface area contributed by atoms with E-state index < -0.39 is 0 Å². The van der Waals surface area contributed by atoms with Crippen LogP contribution in [0.3, 0.4) is 0 Å². The van der Waals surface area contributed by atoms with Crippen LogP contribution in [0.4, 0.5) is 0 Å². The molecule has 0 fully saturated rings. The van der Waals surface area contributed by atoms with Gasteiger partial charge in [-0.3, -0.25) is 0 Å². The van der Waals surface area contributed by atoms with Gasteiger partial charge < -0.3 is 4.40 Å². The lowest BCUT2D eigenvalue weighted by molar-refractivity contribution is 1.35. The van der Waals surface area contributed by atoms with Gasteiger partial charge in [-0.1, -0.05) is 146 Å². The highest BCUT2D eigenvalue weighted by Crippen LogP contribution is 2.45. The van der Waals surface area contributed by atoms with E-state index in [1.54, 1.807) is 0 Å². The molecule has 0 amide bonds. The van der Waals surface area contributed by atoms with Gasteiger partial charge in [-0.2, -0.15) is 0 Å². The van der Waals surface area contributed by atoms with E-state index in [0.717, 1.165) is 0 Å². The average molecular weight is 726 g/mol. The number of fused-ring (bicyclic) bond motifs is 13. The van der Waals surface area contributed by atoms with E-state index >= 15 is 0 Å². The van der Waals surface area contributed by atoms with Crippen LogP contribution in [0.25, 0.3) is 124 Å². The number of hydrogen-bond acceptors (Lipinski definition) is 1. The van der Waals surface area contributed by atoms with E-state index in [-0.39, 0.29) is 0 Å². The Balaban J connectivity index is 1.07. The van der Waals surface area contributed by atoms with Gasteiger partial charge in [0.1, 0.15) is 0 Å². The molecule has 0 bridgehead atoms. The Kier molecular flexibility index (Phi) is 6.11.